The Morgan fingerprint density at radius 2 is 1.57 bits per heavy atom. The van der Waals surface area contributed by atoms with Gasteiger partial charge < -0.3 is 4.90 Å². The van der Waals surface area contributed by atoms with Crippen molar-refractivity contribution in [2.45, 2.75) is 17.9 Å². The SMILES string of the molecule is NS(=O)(=O)c1ccc(CCN(Cc2ccc(F)cc2)C(=O)c2ccc(-c3cssc3=S)cc2)cc1. The maximum atomic E-state index is 13.4. The number of hydrogen-bond acceptors (Lipinski definition) is 6. The second kappa shape index (κ2) is 10.9. The van der Waals surface area contributed by atoms with E-state index in [1.54, 1.807) is 51.6 Å². The topological polar surface area (TPSA) is 80.5 Å². The van der Waals surface area contributed by atoms with Crippen LogP contribution in [0.3, 0.4) is 0 Å². The number of hydrogen-bond donors (Lipinski definition) is 1. The molecule has 0 fully saturated rings. The molecule has 4 rings (SSSR count). The van der Waals surface area contributed by atoms with Crippen LogP contribution in [0.25, 0.3) is 11.1 Å². The van der Waals surface area contributed by atoms with Crippen molar-refractivity contribution in [2.24, 2.45) is 5.14 Å². The standard InChI is InChI=1S/C25H21FN2O3S4/c26-21-9-1-18(2-10-21)15-28(14-13-17-3-11-22(12-4-17)35(27,30)31)24(29)20-7-5-19(6-8-20)23-16-33-34-25(23)32/h1-12,16H,13-15H2,(H2,27,30,31). The van der Waals surface area contributed by atoms with Gasteiger partial charge in [0.15, 0.2) is 0 Å². The largest absolute Gasteiger partial charge is 0.334 e. The molecule has 0 atom stereocenters. The molecule has 3 aromatic carbocycles. The first-order valence-corrected chi connectivity index (χ1v) is 14.7. The fraction of sp³-hybridized carbons (Fsp3) is 0.120. The molecule has 4 aromatic rings. The first kappa shape index (κ1) is 25.3. The molecular weight excluding hydrogens is 524 g/mol. The number of carbonyl (C=O) groups excluding carboxylic acids is 1. The number of halogens is 1. The van der Waals surface area contributed by atoms with Crippen LogP contribution in [0.1, 0.15) is 21.5 Å². The number of nitrogens with zero attached hydrogens (tertiary/aromatic N) is 1. The molecule has 0 radical (unpaired) electrons. The van der Waals surface area contributed by atoms with Crippen LogP contribution in [0.15, 0.2) is 83.1 Å². The molecular formula is C25H21FN2O3S4. The summed E-state index contributed by atoms with van der Waals surface area (Å²) in [6.45, 7) is 0.688. The van der Waals surface area contributed by atoms with Crippen LogP contribution >= 0.6 is 32.9 Å². The fourth-order valence-electron chi connectivity index (χ4n) is 3.54. The van der Waals surface area contributed by atoms with Crippen molar-refractivity contribution in [3.8, 4) is 11.1 Å². The van der Waals surface area contributed by atoms with E-state index >= 15 is 0 Å². The van der Waals surface area contributed by atoms with Gasteiger partial charge in [0.1, 0.15) is 9.64 Å². The number of amides is 1. The van der Waals surface area contributed by atoms with Crippen molar-refractivity contribution < 1.29 is 17.6 Å². The molecule has 0 aliphatic carbocycles. The first-order valence-electron chi connectivity index (χ1n) is 10.5. The minimum atomic E-state index is -3.77. The maximum Gasteiger partial charge on any atom is 0.254 e. The molecule has 0 aliphatic rings. The highest BCUT2D eigenvalue weighted by Crippen LogP contribution is 2.28. The molecule has 10 heteroatoms. The lowest BCUT2D eigenvalue weighted by Gasteiger charge is -2.23. The van der Waals surface area contributed by atoms with E-state index < -0.39 is 10.0 Å². The summed E-state index contributed by atoms with van der Waals surface area (Å²) in [5, 5.41) is 7.17. The van der Waals surface area contributed by atoms with Crippen molar-refractivity contribution >= 4 is 48.8 Å². The summed E-state index contributed by atoms with van der Waals surface area (Å²) in [6, 6.07) is 19.7. The van der Waals surface area contributed by atoms with Gasteiger partial charge in [-0.05, 0) is 59.5 Å². The smallest absolute Gasteiger partial charge is 0.254 e. The van der Waals surface area contributed by atoms with E-state index in [9.17, 15) is 17.6 Å². The summed E-state index contributed by atoms with van der Waals surface area (Å²) in [5.41, 5.74) is 4.15. The van der Waals surface area contributed by atoms with Crippen molar-refractivity contribution in [1.82, 2.24) is 4.90 Å². The third-order valence-electron chi connectivity index (χ3n) is 5.45. The summed E-state index contributed by atoms with van der Waals surface area (Å²) in [5.74, 6) is -0.499. The molecule has 5 nitrogen and oxygen atoms in total. The average Bonchev–Trinajstić information content (AvgIpc) is 3.28. The Balaban J connectivity index is 1.54. The lowest BCUT2D eigenvalue weighted by atomic mass is 10.1. The quantitative estimate of drug-likeness (QED) is 0.222. The minimum absolute atomic E-state index is 0.0363. The Bertz CT molecular complexity index is 1480. The summed E-state index contributed by atoms with van der Waals surface area (Å²) < 4.78 is 37.2. The molecule has 0 spiro atoms. The monoisotopic (exact) mass is 544 g/mol. The van der Waals surface area contributed by atoms with Gasteiger partial charge in [0.2, 0.25) is 10.0 Å². The van der Waals surface area contributed by atoms with Crippen molar-refractivity contribution in [3.63, 3.8) is 0 Å². The number of benzene rings is 3. The molecule has 0 saturated heterocycles. The molecule has 2 N–H and O–H groups in total. The van der Waals surface area contributed by atoms with Crippen LogP contribution in [-0.4, -0.2) is 25.8 Å². The number of sulfonamides is 1. The second-order valence-electron chi connectivity index (χ2n) is 7.87. The van der Waals surface area contributed by atoms with Crippen molar-refractivity contribution in [3.05, 3.63) is 105 Å². The zero-order valence-corrected chi connectivity index (χ0v) is 21.7. The van der Waals surface area contributed by atoms with E-state index in [2.05, 4.69) is 0 Å². The minimum Gasteiger partial charge on any atom is -0.334 e. The highest BCUT2D eigenvalue weighted by molar-refractivity contribution is 7.89. The van der Waals surface area contributed by atoms with E-state index in [1.807, 2.05) is 17.5 Å². The van der Waals surface area contributed by atoms with Crippen molar-refractivity contribution in [1.29, 1.82) is 0 Å². The Hall–Kier alpha value is -2.76. The predicted molar refractivity (Wildman–Crippen MR) is 141 cm³/mol. The molecule has 1 aromatic heterocycles. The number of nitrogens with two attached hydrogens (primary N) is 1. The van der Waals surface area contributed by atoms with E-state index in [1.165, 1.54) is 34.6 Å². The van der Waals surface area contributed by atoms with E-state index in [4.69, 9.17) is 17.4 Å². The Labute approximate surface area is 215 Å². The predicted octanol–water partition coefficient (Wildman–Crippen LogP) is 5.88. The Kier molecular flexibility index (Phi) is 7.88. The van der Waals surface area contributed by atoms with Crippen LogP contribution < -0.4 is 5.14 Å². The maximum absolute atomic E-state index is 13.4. The van der Waals surface area contributed by atoms with Gasteiger partial charge in [-0.2, -0.15) is 0 Å². The molecule has 0 saturated carbocycles. The Morgan fingerprint density at radius 1 is 0.943 bits per heavy atom. The first-order chi connectivity index (χ1) is 16.7. The van der Waals surface area contributed by atoms with Crippen LogP contribution in [0, 0.1) is 9.64 Å². The summed E-state index contributed by atoms with van der Waals surface area (Å²) in [7, 11) is -0.649. The summed E-state index contributed by atoms with van der Waals surface area (Å²) in [4.78, 5) is 15.2. The normalized spacial score (nSPS) is 11.4. The Morgan fingerprint density at radius 3 is 2.14 bits per heavy atom. The van der Waals surface area contributed by atoms with Gasteiger partial charge in [0, 0.05) is 29.6 Å². The van der Waals surface area contributed by atoms with E-state index in [0.29, 0.717) is 25.1 Å². The molecule has 0 unspecified atom stereocenters. The van der Waals surface area contributed by atoms with Gasteiger partial charge in [-0.25, -0.2) is 17.9 Å². The highest BCUT2D eigenvalue weighted by atomic mass is 32.9. The lowest BCUT2D eigenvalue weighted by Crippen LogP contribution is -2.32. The second-order valence-corrected chi connectivity index (χ2v) is 12.2. The third kappa shape index (κ3) is 6.47. The van der Waals surface area contributed by atoms with Crippen molar-refractivity contribution in [2.75, 3.05) is 6.54 Å². The lowest BCUT2D eigenvalue weighted by molar-refractivity contribution is 0.0745. The molecule has 0 bridgehead atoms. The fourth-order valence-corrected chi connectivity index (χ4v) is 6.45. The zero-order valence-electron chi connectivity index (χ0n) is 18.4. The number of primary sulfonamides is 1. The number of rotatable bonds is 8. The molecule has 1 amide bonds. The van der Waals surface area contributed by atoms with Gasteiger partial charge in [-0.3, -0.25) is 4.79 Å². The molecule has 35 heavy (non-hydrogen) atoms. The van der Waals surface area contributed by atoms with Gasteiger partial charge in [0.25, 0.3) is 5.91 Å². The van der Waals surface area contributed by atoms with E-state index in [0.717, 1.165) is 26.1 Å². The van der Waals surface area contributed by atoms with Crippen LogP contribution in [0.5, 0.6) is 0 Å². The highest BCUT2D eigenvalue weighted by Gasteiger charge is 2.17. The average molecular weight is 545 g/mol. The summed E-state index contributed by atoms with van der Waals surface area (Å²) >= 11 is 5.37. The van der Waals surface area contributed by atoms with Crippen LogP contribution in [0.4, 0.5) is 4.39 Å². The van der Waals surface area contributed by atoms with Gasteiger partial charge in [-0.1, -0.05) is 69.3 Å². The van der Waals surface area contributed by atoms with E-state index in [-0.39, 0.29) is 16.6 Å². The number of carbonyl (C=O) groups is 1. The summed E-state index contributed by atoms with van der Waals surface area (Å²) in [6.07, 6.45) is 0.505. The van der Waals surface area contributed by atoms with Gasteiger partial charge in [-0.15, -0.1) is 0 Å². The third-order valence-corrected chi connectivity index (χ3v) is 9.04. The van der Waals surface area contributed by atoms with Gasteiger partial charge >= 0.3 is 0 Å². The molecule has 0 aliphatic heterocycles. The molecule has 1 heterocycles. The van der Waals surface area contributed by atoms with Crippen LogP contribution in [0.2, 0.25) is 0 Å². The van der Waals surface area contributed by atoms with Crippen LogP contribution in [-0.2, 0) is 23.0 Å². The van der Waals surface area contributed by atoms with Gasteiger partial charge in [0.05, 0.1) is 4.90 Å². The molecule has 180 valence electrons. The zero-order chi connectivity index (χ0) is 25.0.